The summed E-state index contributed by atoms with van der Waals surface area (Å²) >= 11 is 6.04. The molecule has 0 bridgehead atoms. The molecule has 0 atom stereocenters. The predicted molar refractivity (Wildman–Crippen MR) is 101 cm³/mol. The molecule has 134 valence electrons. The Labute approximate surface area is 158 Å². The number of aromatic nitrogens is 4. The summed E-state index contributed by atoms with van der Waals surface area (Å²) < 4.78 is 20.1. The van der Waals surface area contributed by atoms with E-state index in [1.165, 1.54) is 12.1 Å². The van der Waals surface area contributed by atoms with Crippen molar-refractivity contribution in [2.45, 2.75) is 0 Å². The van der Waals surface area contributed by atoms with Gasteiger partial charge in [-0.15, -0.1) is 0 Å². The van der Waals surface area contributed by atoms with Crippen LogP contribution in [0.15, 0.2) is 48.9 Å². The van der Waals surface area contributed by atoms with Crippen molar-refractivity contribution in [2.75, 3.05) is 18.1 Å². The molecule has 0 unspecified atom stereocenters. The topological polar surface area (TPSA) is 66.9 Å². The summed E-state index contributed by atoms with van der Waals surface area (Å²) in [5, 5.41) is 8.31. The molecular weight excluding hydrogens is 369 g/mol. The van der Waals surface area contributed by atoms with Crippen molar-refractivity contribution in [3.8, 4) is 17.0 Å². The number of rotatable bonds is 2. The van der Waals surface area contributed by atoms with Gasteiger partial charge in [0.25, 0.3) is 0 Å². The van der Waals surface area contributed by atoms with E-state index in [2.05, 4.69) is 25.1 Å². The number of nitrogens with one attached hydrogen (secondary N) is 1. The van der Waals surface area contributed by atoms with Gasteiger partial charge in [-0.2, -0.15) is 5.10 Å². The molecule has 8 heteroatoms. The Morgan fingerprint density at radius 3 is 2.96 bits per heavy atom. The van der Waals surface area contributed by atoms with Crippen molar-refractivity contribution in [1.29, 1.82) is 0 Å². The van der Waals surface area contributed by atoms with Gasteiger partial charge in [-0.1, -0.05) is 11.6 Å². The molecule has 1 aliphatic rings. The fourth-order valence-corrected chi connectivity index (χ4v) is 3.46. The monoisotopic (exact) mass is 381 g/mol. The summed E-state index contributed by atoms with van der Waals surface area (Å²) in [5.41, 5.74) is 3.29. The molecule has 0 fully saturated rings. The number of aromatic amines is 1. The maximum atomic E-state index is 14.3. The molecule has 0 saturated carbocycles. The van der Waals surface area contributed by atoms with E-state index in [1.807, 2.05) is 12.1 Å². The van der Waals surface area contributed by atoms with Gasteiger partial charge in [-0.25, -0.2) is 9.37 Å². The normalized spacial score (nSPS) is 13.5. The lowest BCUT2D eigenvalue weighted by atomic mass is 10.1. The molecule has 1 aromatic carbocycles. The number of pyridine rings is 2. The van der Waals surface area contributed by atoms with Crippen LogP contribution in [0, 0.1) is 5.82 Å². The van der Waals surface area contributed by atoms with Gasteiger partial charge in [0.15, 0.2) is 11.4 Å². The standard InChI is InChI=1S/C19H13ClFN5O/c20-11-1-2-14(21)12(7-11)15-8-17-18(10-23-15)27-6-5-26(17)16-3-4-22-19-13(16)9-24-25-19/h1-4,7-10H,5-6H2,(H,22,24,25). The molecule has 0 radical (unpaired) electrons. The molecule has 6 nitrogen and oxygen atoms in total. The third-order valence-corrected chi connectivity index (χ3v) is 4.77. The van der Waals surface area contributed by atoms with Gasteiger partial charge < -0.3 is 9.64 Å². The molecule has 1 N–H and O–H groups in total. The number of ether oxygens (including phenoxy) is 1. The van der Waals surface area contributed by atoms with E-state index in [-0.39, 0.29) is 5.82 Å². The third-order valence-electron chi connectivity index (χ3n) is 4.54. The molecule has 1 aliphatic heterocycles. The van der Waals surface area contributed by atoms with Crippen molar-refractivity contribution < 1.29 is 9.13 Å². The van der Waals surface area contributed by atoms with Crippen molar-refractivity contribution in [1.82, 2.24) is 20.2 Å². The van der Waals surface area contributed by atoms with E-state index in [0.717, 1.165) is 16.8 Å². The van der Waals surface area contributed by atoms with Gasteiger partial charge >= 0.3 is 0 Å². The first-order valence-corrected chi connectivity index (χ1v) is 8.72. The highest BCUT2D eigenvalue weighted by molar-refractivity contribution is 6.30. The third kappa shape index (κ3) is 2.67. The number of hydrogen-bond donors (Lipinski definition) is 1. The van der Waals surface area contributed by atoms with Crippen LogP contribution in [0.2, 0.25) is 5.02 Å². The van der Waals surface area contributed by atoms with Gasteiger partial charge in [0.05, 0.1) is 41.4 Å². The predicted octanol–water partition coefficient (Wildman–Crippen LogP) is 4.34. The molecule has 4 heterocycles. The minimum atomic E-state index is -0.378. The first-order valence-electron chi connectivity index (χ1n) is 8.34. The first kappa shape index (κ1) is 16.0. The SMILES string of the molecule is Fc1ccc(Cl)cc1-c1cc2c(cn1)OCCN2c1ccnc2[nH]ncc12. The summed E-state index contributed by atoms with van der Waals surface area (Å²) in [7, 11) is 0. The van der Waals surface area contributed by atoms with Gasteiger partial charge in [0.1, 0.15) is 12.4 Å². The lowest BCUT2D eigenvalue weighted by molar-refractivity contribution is 0.313. The van der Waals surface area contributed by atoms with E-state index in [4.69, 9.17) is 16.3 Å². The highest BCUT2D eigenvalue weighted by atomic mass is 35.5. The Bertz CT molecular complexity index is 1160. The van der Waals surface area contributed by atoms with Gasteiger partial charge in [-0.05, 0) is 30.3 Å². The number of hydrogen-bond acceptors (Lipinski definition) is 5. The van der Waals surface area contributed by atoms with Crippen LogP contribution in [-0.4, -0.2) is 33.3 Å². The summed E-state index contributed by atoms with van der Waals surface area (Å²) in [6.45, 7) is 1.15. The van der Waals surface area contributed by atoms with Crippen LogP contribution < -0.4 is 9.64 Å². The number of benzene rings is 1. The van der Waals surface area contributed by atoms with Gasteiger partial charge in [0, 0.05) is 16.8 Å². The maximum Gasteiger partial charge on any atom is 0.161 e. The Balaban J connectivity index is 1.67. The second kappa shape index (κ2) is 6.21. The maximum absolute atomic E-state index is 14.3. The average molecular weight is 382 g/mol. The Morgan fingerprint density at radius 1 is 1.11 bits per heavy atom. The van der Waals surface area contributed by atoms with E-state index >= 15 is 0 Å². The fraction of sp³-hybridized carbons (Fsp3) is 0.105. The summed E-state index contributed by atoms with van der Waals surface area (Å²) in [5.74, 6) is 0.261. The molecular formula is C19H13ClFN5O. The number of H-pyrrole nitrogens is 1. The smallest absolute Gasteiger partial charge is 0.161 e. The van der Waals surface area contributed by atoms with Crippen molar-refractivity contribution in [2.24, 2.45) is 0 Å². The number of anilines is 2. The molecule has 3 aromatic heterocycles. The molecule has 0 saturated heterocycles. The number of fused-ring (bicyclic) bond motifs is 2. The zero-order valence-electron chi connectivity index (χ0n) is 14.0. The summed E-state index contributed by atoms with van der Waals surface area (Å²) in [4.78, 5) is 10.8. The van der Waals surface area contributed by atoms with Crippen LogP contribution in [0.4, 0.5) is 15.8 Å². The zero-order valence-corrected chi connectivity index (χ0v) is 14.7. The van der Waals surface area contributed by atoms with Gasteiger partial charge in [-0.3, -0.25) is 10.1 Å². The highest BCUT2D eigenvalue weighted by Gasteiger charge is 2.23. The van der Waals surface area contributed by atoms with E-state index < -0.39 is 0 Å². The highest BCUT2D eigenvalue weighted by Crippen LogP contribution is 2.40. The van der Waals surface area contributed by atoms with E-state index in [1.54, 1.807) is 24.7 Å². The van der Waals surface area contributed by atoms with Crippen molar-refractivity contribution in [3.63, 3.8) is 0 Å². The number of nitrogens with zero attached hydrogens (tertiary/aromatic N) is 4. The minimum Gasteiger partial charge on any atom is -0.488 e. The van der Waals surface area contributed by atoms with Gasteiger partial charge in [0.2, 0.25) is 0 Å². The number of halogens is 2. The van der Waals surface area contributed by atoms with Crippen LogP contribution in [0.5, 0.6) is 5.75 Å². The van der Waals surface area contributed by atoms with Crippen LogP contribution in [0.25, 0.3) is 22.3 Å². The second-order valence-corrected chi connectivity index (χ2v) is 6.56. The van der Waals surface area contributed by atoms with Crippen LogP contribution in [0.1, 0.15) is 0 Å². The fourth-order valence-electron chi connectivity index (χ4n) is 3.29. The summed E-state index contributed by atoms with van der Waals surface area (Å²) in [6.07, 6.45) is 5.08. The van der Waals surface area contributed by atoms with E-state index in [9.17, 15) is 4.39 Å². The lowest BCUT2D eigenvalue weighted by Crippen LogP contribution is -2.29. The zero-order chi connectivity index (χ0) is 18.4. The molecule has 27 heavy (non-hydrogen) atoms. The Kier molecular flexibility index (Phi) is 3.68. The second-order valence-electron chi connectivity index (χ2n) is 6.12. The van der Waals surface area contributed by atoms with Crippen LogP contribution in [0.3, 0.4) is 0 Å². The van der Waals surface area contributed by atoms with E-state index in [0.29, 0.717) is 40.8 Å². The van der Waals surface area contributed by atoms with Crippen molar-refractivity contribution in [3.05, 3.63) is 59.8 Å². The summed E-state index contributed by atoms with van der Waals surface area (Å²) in [6, 6.07) is 8.16. The van der Waals surface area contributed by atoms with Crippen molar-refractivity contribution >= 4 is 34.0 Å². The molecule has 5 rings (SSSR count). The Morgan fingerprint density at radius 2 is 2.04 bits per heavy atom. The van der Waals surface area contributed by atoms with Crippen LogP contribution >= 0.6 is 11.6 Å². The molecule has 4 aromatic rings. The molecule has 0 spiro atoms. The molecule has 0 aliphatic carbocycles. The quantitative estimate of drug-likeness (QED) is 0.559. The molecule has 0 amide bonds. The minimum absolute atomic E-state index is 0.346. The van der Waals surface area contributed by atoms with Crippen LogP contribution in [-0.2, 0) is 0 Å². The first-order chi connectivity index (χ1) is 13.2. The Hall–Kier alpha value is -3.19. The average Bonchev–Trinajstić information content (AvgIpc) is 3.18. The lowest BCUT2D eigenvalue weighted by Gasteiger charge is -2.31. The largest absolute Gasteiger partial charge is 0.488 e.